The van der Waals surface area contributed by atoms with Crippen molar-refractivity contribution in [2.75, 3.05) is 18.0 Å². The lowest BCUT2D eigenvalue weighted by atomic mass is 9.85. The van der Waals surface area contributed by atoms with Gasteiger partial charge in [-0.15, -0.1) is 0 Å². The average molecular weight is 542 g/mol. The first kappa shape index (κ1) is 27.2. The van der Waals surface area contributed by atoms with Gasteiger partial charge in [0.2, 0.25) is 11.8 Å². The van der Waals surface area contributed by atoms with Gasteiger partial charge in [-0.3, -0.25) is 9.59 Å². The van der Waals surface area contributed by atoms with Gasteiger partial charge in [-0.05, 0) is 57.4 Å². The number of fused-ring (bicyclic) bond motifs is 1. The number of piperidine rings is 1. The minimum absolute atomic E-state index is 0.117. The van der Waals surface area contributed by atoms with Crippen molar-refractivity contribution in [1.29, 1.82) is 0 Å². The Labute approximate surface area is 225 Å². The maximum atomic E-state index is 13.9. The zero-order valence-electron chi connectivity index (χ0n) is 21.6. The molecule has 3 heterocycles. The van der Waals surface area contributed by atoms with Crippen LogP contribution in [0.5, 0.6) is 0 Å². The first-order valence-electron chi connectivity index (χ1n) is 12.3. The number of H-pyrrole nitrogens is 1. The predicted octanol–water partition coefficient (Wildman–Crippen LogP) is 3.21. The smallest absolute Gasteiger partial charge is 0.408 e. The monoisotopic (exact) mass is 541 g/mol. The summed E-state index contributed by atoms with van der Waals surface area (Å²) in [4.78, 5) is 52.4. The highest BCUT2D eigenvalue weighted by molar-refractivity contribution is 6.30. The summed E-state index contributed by atoms with van der Waals surface area (Å²) < 4.78 is 5.48. The number of primary amides is 1. The molecular formula is C26H32ClN7O4. The lowest BCUT2D eigenvalue weighted by Crippen LogP contribution is -2.64. The Bertz CT molecular complexity index is 1310. The van der Waals surface area contributed by atoms with Crippen molar-refractivity contribution in [1.82, 2.24) is 25.6 Å². The number of halogens is 1. The van der Waals surface area contributed by atoms with E-state index in [4.69, 9.17) is 22.1 Å². The Kier molecular flexibility index (Phi) is 7.77. The summed E-state index contributed by atoms with van der Waals surface area (Å²) in [6.07, 6.45) is 3.02. The number of nitrogens with two attached hydrogens (primary N) is 1. The second kappa shape index (κ2) is 10.9. The molecule has 1 aromatic carbocycles. The minimum Gasteiger partial charge on any atom is -0.444 e. The molecule has 38 heavy (non-hydrogen) atoms. The highest BCUT2D eigenvalue weighted by Gasteiger charge is 2.45. The number of benzene rings is 1. The topological polar surface area (TPSA) is 155 Å². The molecule has 0 radical (unpaired) electrons. The number of nitrogens with one attached hydrogen (secondary N) is 3. The number of ether oxygens (including phenoxy) is 1. The highest BCUT2D eigenvalue weighted by Crippen LogP contribution is 2.31. The molecule has 5 N–H and O–H groups in total. The van der Waals surface area contributed by atoms with Gasteiger partial charge in [0.05, 0.1) is 17.8 Å². The fourth-order valence-corrected chi connectivity index (χ4v) is 4.69. The second-order valence-electron chi connectivity index (χ2n) is 10.4. The zero-order valence-corrected chi connectivity index (χ0v) is 22.3. The van der Waals surface area contributed by atoms with E-state index in [1.54, 1.807) is 51.2 Å². The number of rotatable bonds is 7. The van der Waals surface area contributed by atoms with Gasteiger partial charge < -0.3 is 31.0 Å². The maximum absolute atomic E-state index is 13.9. The van der Waals surface area contributed by atoms with Crippen LogP contribution in [0.1, 0.15) is 51.6 Å². The molecule has 12 heteroatoms. The third-order valence-corrected chi connectivity index (χ3v) is 6.66. The van der Waals surface area contributed by atoms with Gasteiger partial charge in [0.1, 0.15) is 28.9 Å². The van der Waals surface area contributed by atoms with Crippen LogP contribution in [-0.4, -0.2) is 57.1 Å². The van der Waals surface area contributed by atoms with Gasteiger partial charge in [-0.2, -0.15) is 0 Å². The normalized spacial score (nSPS) is 16.1. The second-order valence-corrected chi connectivity index (χ2v) is 10.8. The number of carbonyl (C=O) groups excluding carboxylic acids is 3. The first-order chi connectivity index (χ1) is 18.0. The number of aromatic nitrogens is 3. The maximum Gasteiger partial charge on any atom is 0.408 e. The van der Waals surface area contributed by atoms with Crippen LogP contribution in [-0.2, 0) is 14.3 Å². The van der Waals surface area contributed by atoms with E-state index in [9.17, 15) is 14.4 Å². The molecule has 0 spiro atoms. The van der Waals surface area contributed by atoms with E-state index in [0.29, 0.717) is 29.3 Å². The lowest BCUT2D eigenvalue weighted by Gasteiger charge is -2.42. The van der Waals surface area contributed by atoms with Crippen LogP contribution < -0.4 is 21.3 Å². The molecule has 1 atom stereocenters. The Morgan fingerprint density at radius 3 is 2.47 bits per heavy atom. The van der Waals surface area contributed by atoms with Gasteiger partial charge in [0.25, 0.3) is 0 Å². The van der Waals surface area contributed by atoms with E-state index < -0.39 is 35.1 Å². The van der Waals surface area contributed by atoms with E-state index in [0.717, 1.165) is 11.2 Å². The van der Waals surface area contributed by atoms with Crippen LogP contribution in [0.2, 0.25) is 5.02 Å². The molecule has 0 saturated carbocycles. The number of alkyl carbamates (subject to hydrolysis) is 1. The Morgan fingerprint density at radius 1 is 1.16 bits per heavy atom. The van der Waals surface area contributed by atoms with E-state index >= 15 is 0 Å². The SMILES string of the molecule is CC(C)(C)OC(=O)NC1(C(=O)NC(CC(N)=O)c2ccc(Cl)cc2)CCN(c2ncnc3[nH]ccc23)CC1. The van der Waals surface area contributed by atoms with E-state index in [1.807, 2.05) is 6.07 Å². The number of hydrogen-bond acceptors (Lipinski definition) is 7. The molecule has 11 nitrogen and oxygen atoms in total. The van der Waals surface area contributed by atoms with Crippen molar-refractivity contribution in [2.24, 2.45) is 5.73 Å². The standard InChI is InChI=1S/C26H32ClN7O4/c1-25(2,3)38-24(37)33-26(23(36)32-19(14-20(28)35)16-4-6-17(27)7-5-16)9-12-34(13-10-26)22-18-8-11-29-21(18)30-15-31-22/h4-8,11,15,19H,9-10,12-14H2,1-3H3,(H2,28,35)(H,32,36)(H,33,37)(H,29,30,31). The Hall–Kier alpha value is -3.86. The average Bonchev–Trinajstić information content (AvgIpc) is 3.32. The molecule has 0 aliphatic carbocycles. The van der Waals surface area contributed by atoms with Crippen LogP contribution in [0.15, 0.2) is 42.9 Å². The summed E-state index contributed by atoms with van der Waals surface area (Å²) >= 11 is 6.02. The molecule has 1 aliphatic rings. The molecule has 4 rings (SSSR count). The van der Waals surface area contributed by atoms with E-state index in [1.165, 1.54) is 6.33 Å². The van der Waals surface area contributed by atoms with Crippen molar-refractivity contribution in [3.63, 3.8) is 0 Å². The minimum atomic E-state index is -1.29. The Morgan fingerprint density at radius 2 is 1.84 bits per heavy atom. The molecule has 1 fully saturated rings. The highest BCUT2D eigenvalue weighted by atomic mass is 35.5. The quantitative estimate of drug-likeness (QED) is 0.358. The van der Waals surface area contributed by atoms with Gasteiger partial charge in [0, 0.05) is 24.3 Å². The number of anilines is 1. The van der Waals surface area contributed by atoms with E-state index in [-0.39, 0.29) is 19.3 Å². The fraction of sp³-hybridized carbons (Fsp3) is 0.423. The third kappa shape index (κ3) is 6.34. The molecule has 1 saturated heterocycles. The summed E-state index contributed by atoms with van der Waals surface area (Å²) in [5, 5.41) is 7.17. The third-order valence-electron chi connectivity index (χ3n) is 6.41. The van der Waals surface area contributed by atoms with Crippen LogP contribution in [0, 0.1) is 0 Å². The van der Waals surface area contributed by atoms with Crippen molar-refractivity contribution < 1.29 is 19.1 Å². The molecule has 1 unspecified atom stereocenters. The predicted molar refractivity (Wildman–Crippen MR) is 144 cm³/mol. The van der Waals surface area contributed by atoms with Gasteiger partial charge in [-0.25, -0.2) is 14.8 Å². The summed E-state index contributed by atoms with van der Waals surface area (Å²) in [6.45, 7) is 6.12. The molecule has 2 aromatic heterocycles. The number of carbonyl (C=O) groups is 3. The van der Waals surface area contributed by atoms with Crippen LogP contribution in [0.4, 0.5) is 10.6 Å². The van der Waals surface area contributed by atoms with Gasteiger partial charge >= 0.3 is 6.09 Å². The van der Waals surface area contributed by atoms with Crippen LogP contribution in [0.3, 0.4) is 0 Å². The van der Waals surface area contributed by atoms with Crippen molar-refractivity contribution >= 4 is 46.4 Å². The van der Waals surface area contributed by atoms with Crippen molar-refractivity contribution in [3.05, 3.63) is 53.4 Å². The van der Waals surface area contributed by atoms with Crippen molar-refractivity contribution in [2.45, 2.75) is 57.2 Å². The number of hydrogen-bond donors (Lipinski definition) is 4. The summed E-state index contributed by atoms with van der Waals surface area (Å²) in [5.41, 5.74) is 4.84. The molecule has 202 valence electrons. The lowest BCUT2D eigenvalue weighted by molar-refractivity contribution is -0.129. The molecular weight excluding hydrogens is 510 g/mol. The van der Waals surface area contributed by atoms with Crippen LogP contribution in [0.25, 0.3) is 11.0 Å². The summed E-state index contributed by atoms with van der Waals surface area (Å²) in [5.74, 6) is -0.262. The molecule has 0 bridgehead atoms. The fourth-order valence-electron chi connectivity index (χ4n) is 4.56. The summed E-state index contributed by atoms with van der Waals surface area (Å²) in [7, 11) is 0. The molecule has 3 aromatic rings. The molecule has 3 amide bonds. The van der Waals surface area contributed by atoms with E-state index in [2.05, 4.69) is 30.5 Å². The number of nitrogens with zero attached hydrogens (tertiary/aromatic N) is 3. The number of aromatic amines is 1. The first-order valence-corrected chi connectivity index (χ1v) is 12.7. The Balaban J connectivity index is 1.59. The zero-order chi connectivity index (χ0) is 27.5. The largest absolute Gasteiger partial charge is 0.444 e. The van der Waals surface area contributed by atoms with Gasteiger partial charge in [-0.1, -0.05) is 23.7 Å². The van der Waals surface area contributed by atoms with Crippen LogP contribution >= 0.6 is 11.6 Å². The van der Waals surface area contributed by atoms with Crippen molar-refractivity contribution in [3.8, 4) is 0 Å². The number of amides is 3. The molecule has 1 aliphatic heterocycles. The summed E-state index contributed by atoms with van der Waals surface area (Å²) in [6, 6.07) is 8.00. The van der Waals surface area contributed by atoms with Gasteiger partial charge in [0.15, 0.2) is 0 Å².